The van der Waals surface area contributed by atoms with Crippen molar-refractivity contribution in [2.24, 2.45) is 0 Å². The molecule has 0 aliphatic carbocycles. The molecule has 1 fully saturated rings. The van der Waals surface area contributed by atoms with Gasteiger partial charge in [0.15, 0.2) is 11.5 Å². The summed E-state index contributed by atoms with van der Waals surface area (Å²) in [7, 11) is 3.10. The molecule has 9 heteroatoms. The van der Waals surface area contributed by atoms with Gasteiger partial charge < -0.3 is 9.47 Å². The van der Waals surface area contributed by atoms with Crippen molar-refractivity contribution in [3.63, 3.8) is 0 Å². The number of hydrogen-bond donors (Lipinski definition) is 0. The van der Waals surface area contributed by atoms with Crippen LogP contribution in [0.1, 0.15) is 19.5 Å². The van der Waals surface area contributed by atoms with Gasteiger partial charge in [-0.15, -0.1) is 11.3 Å². The van der Waals surface area contributed by atoms with Crippen LogP contribution in [-0.2, 0) is 16.1 Å². The summed E-state index contributed by atoms with van der Waals surface area (Å²) in [5, 5.41) is 2.41. The van der Waals surface area contributed by atoms with E-state index in [-0.39, 0.29) is 12.6 Å². The van der Waals surface area contributed by atoms with Crippen LogP contribution in [0.5, 0.6) is 11.5 Å². The van der Waals surface area contributed by atoms with Crippen molar-refractivity contribution >= 4 is 29.2 Å². The number of rotatable bonds is 6. The fourth-order valence-corrected chi connectivity index (χ4v) is 3.67. The first-order chi connectivity index (χ1) is 12.9. The van der Waals surface area contributed by atoms with Crippen LogP contribution in [0, 0.1) is 0 Å². The fraction of sp³-hybridized carbons (Fsp3) is 0.333. The smallest absolute Gasteiger partial charge is 0.334 e. The lowest BCUT2D eigenvalue weighted by Crippen LogP contribution is -2.37. The predicted octanol–water partition coefficient (Wildman–Crippen LogP) is 2.53. The quantitative estimate of drug-likeness (QED) is 0.557. The Kier molecular flexibility index (Phi) is 5.13. The van der Waals surface area contributed by atoms with Crippen LogP contribution in [0.2, 0.25) is 0 Å². The van der Waals surface area contributed by atoms with Crippen molar-refractivity contribution in [1.29, 1.82) is 0 Å². The van der Waals surface area contributed by atoms with Crippen LogP contribution >= 0.6 is 11.3 Å². The van der Waals surface area contributed by atoms with Gasteiger partial charge >= 0.3 is 17.8 Å². The summed E-state index contributed by atoms with van der Waals surface area (Å²) in [6.45, 7) is 3.31. The van der Waals surface area contributed by atoms with Gasteiger partial charge in [-0.3, -0.25) is 14.5 Å². The van der Waals surface area contributed by atoms with Gasteiger partial charge in [0.1, 0.15) is 5.01 Å². The van der Waals surface area contributed by atoms with Crippen molar-refractivity contribution in [2.45, 2.75) is 26.4 Å². The molecule has 0 bridgehead atoms. The first-order valence-electron chi connectivity index (χ1n) is 8.23. The number of nitrogens with zero attached hydrogens (tertiary/aromatic N) is 3. The van der Waals surface area contributed by atoms with Crippen LogP contribution < -0.4 is 9.47 Å². The Morgan fingerprint density at radius 3 is 2.44 bits per heavy atom. The summed E-state index contributed by atoms with van der Waals surface area (Å²) in [6.07, 6.45) is 0. The summed E-state index contributed by atoms with van der Waals surface area (Å²) in [6, 6.07) is 4.45. The molecule has 1 aromatic heterocycles. The maximum Gasteiger partial charge on any atom is 0.334 e. The minimum absolute atomic E-state index is 0.0601. The molecule has 0 saturated carbocycles. The minimum atomic E-state index is -0.831. The van der Waals surface area contributed by atoms with Gasteiger partial charge in [-0.1, -0.05) is 6.07 Å². The monoisotopic (exact) mass is 389 g/mol. The molecule has 1 aliphatic rings. The molecule has 8 nitrogen and oxygen atoms in total. The van der Waals surface area contributed by atoms with Crippen molar-refractivity contribution in [1.82, 2.24) is 14.8 Å². The molecule has 0 spiro atoms. The second-order valence-electron chi connectivity index (χ2n) is 6.13. The zero-order valence-corrected chi connectivity index (χ0v) is 16.2. The van der Waals surface area contributed by atoms with E-state index in [9.17, 15) is 14.4 Å². The lowest BCUT2D eigenvalue weighted by molar-refractivity contribution is -0.144. The summed E-state index contributed by atoms with van der Waals surface area (Å²) in [5.41, 5.74) is 1.26. The highest BCUT2D eigenvalue weighted by Gasteiger charge is 2.45. The highest BCUT2D eigenvalue weighted by Crippen LogP contribution is 2.39. The Hall–Kier alpha value is -2.94. The van der Waals surface area contributed by atoms with Crippen molar-refractivity contribution in [3.8, 4) is 22.1 Å². The molecule has 142 valence electrons. The fourth-order valence-electron chi connectivity index (χ4n) is 2.84. The van der Waals surface area contributed by atoms with E-state index < -0.39 is 17.8 Å². The Balaban J connectivity index is 1.87. The Labute approximate surface area is 160 Å². The molecular formula is C18H19N3O5S. The number of thiazole rings is 1. The Morgan fingerprint density at radius 2 is 1.85 bits per heavy atom. The van der Waals surface area contributed by atoms with E-state index in [4.69, 9.17) is 9.47 Å². The molecule has 0 unspecified atom stereocenters. The zero-order valence-electron chi connectivity index (χ0n) is 15.4. The maximum atomic E-state index is 12.4. The standard InChI is InChI=1S/C18H19N3O5S/c1-10(2)21-17(23)16(22)20(18(21)24)8-11-9-27-15(19-11)12-6-5-7-13(25-3)14(12)26-4/h5-7,9-10H,8H2,1-4H3. The number of aromatic nitrogens is 1. The maximum absolute atomic E-state index is 12.4. The third kappa shape index (κ3) is 3.25. The SMILES string of the molecule is COc1cccc(-c2nc(CN3C(=O)C(=O)N(C(C)C)C3=O)cs2)c1OC. The Bertz CT molecular complexity index is 908. The molecule has 27 heavy (non-hydrogen) atoms. The molecule has 0 atom stereocenters. The van der Waals surface area contributed by atoms with Gasteiger partial charge in [0.05, 0.1) is 32.0 Å². The van der Waals surface area contributed by atoms with Crippen molar-refractivity contribution < 1.29 is 23.9 Å². The van der Waals surface area contributed by atoms with Gasteiger partial charge in [0.2, 0.25) is 0 Å². The molecule has 3 rings (SSSR count). The van der Waals surface area contributed by atoms with E-state index in [0.29, 0.717) is 22.2 Å². The van der Waals surface area contributed by atoms with E-state index in [2.05, 4.69) is 4.98 Å². The number of para-hydroxylation sites is 1. The van der Waals surface area contributed by atoms with E-state index in [0.717, 1.165) is 15.4 Å². The zero-order chi connectivity index (χ0) is 19.7. The normalized spacial score (nSPS) is 14.5. The van der Waals surface area contributed by atoms with Gasteiger partial charge in [0.25, 0.3) is 0 Å². The van der Waals surface area contributed by atoms with Crippen LogP contribution in [0.25, 0.3) is 10.6 Å². The van der Waals surface area contributed by atoms with Crippen LogP contribution in [0.15, 0.2) is 23.6 Å². The van der Waals surface area contributed by atoms with E-state index in [1.165, 1.54) is 11.3 Å². The largest absolute Gasteiger partial charge is 0.493 e. The number of imide groups is 2. The van der Waals surface area contributed by atoms with Gasteiger partial charge in [-0.05, 0) is 26.0 Å². The number of urea groups is 1. The summed E-state index contributed by atoms with van der Waals surface area (Å²) in [4.78, 5) is 42.9. The number of carbonyl (C=O) groups is 3. The van der Waals surface area contributed by atoms with Crippen molar-refractivity contribution in [3.05, 3.63) is 29.3 Å². The lowest BCUT2D eigenvalue weighted by Gasteiger charge is -2.17. The highest BCUT2D eigenvalue weighted by atomic mass is 32.1. The molecule has 0 N–H and O–H groups in total. The van der Waals surface area contributed by atoms with E-state index >= 15 is 0 Å². The summed E-state index contributed by atoms with van der Waals surface area (Å²) < 4.78 is 10.7. The van der Waals surface area contributed by atoms with Crippen LogP contribution in [-0.4, -0.2) is 52.9 Å². The van der Waals surface area contributed by atoms with Crippen LogP contribution in [0.3, 0.4) is 0 Å². The molecule has 2 heterocycles. The lowest BCUT2D eigenvalue weighted by atomic mass is 10.2. The number of carbonyl (C=O) groups excluding carboxylic acids is 3. The molecule has 1 saturated heterocycles. The number of amides is 4. The highest BCUT2D eigenvalue weighted by molar-refractivity contribution is 7.13. The summed E-state index contributed by atoms with van der Waals surface area (Å²) >= 11 is 1.35. The summed E-state index contributed by atoms with van der Waals surface area (Å²) in [5.74, 6) is -0.507. The Morgan fingerprint density at radius 1 is 1.11 bits per heavy atom. The van der Waals surface area contributed by atoms with Crippen LogP contribution in [0.4, 0.5) is 4.79 Å². The van der Waals surface area contributed by atoms with Gasteiger partial charge in [-0.25, -0.2) is 14.7 Å². The average Bonchev–Trinajstić information content (AvgIpc) is 3.20. The second-order valence-corrected chi connectivity index (χ2v) is 6.99. The second kappa shape index (κ2) is 7.36. The molecule has 4 amide bonds. The van der Waals surface area contributed by atoms with Crippen molar-refractivity contribution in [2.75, 3.05) is 14.2 Å². The number of benzene rings is 1. The molecular weight excluding hydrogens is 370 g/mol. The van der Waals surface area contributed by atoms with Gasteiger partial charge in [0, 0.05) is 11.4 Å². The predicted molar refractivity (Wildman–Crippen MR) is 98.6 cm³/mol. The molecule has 1 aromatic carbocycles. The van der Waals surface area contributed by atoms with Gasteiger partial charge in [-0.2, -0.15) is 0 Å². The molecule has 1 aliphatic heterocycles. The third-order valence-electron chi connectivity index (χ3n) is 4.11. The minimum Gasteiger partial charge on any atom is -0.493 e. The first kappa shape index (κ1) is 18.8. The number of ether oxygens (including phenoxy) is 2. The number of hydrogen-bond acceptors (Lipinski definition) is 7. The number of methoxy groups -OCH3 is 2. The molecule has 0 radical (unpaired) electrons. The first-order valence-corrected chi connectivity index (χ1v) is 9.11. The third-order valence-corrected chi connectivity index (χ3v) is 5.03. The van der Waals surface area contributed by atoms with E-state index in [1.807, 2.05) is 12.1 Å². The average molecular weight is 389 g/mol. The van der Waals surface area contributed by atoms with E-state index in [1.54, 1.807) is 39.5 Å². The topological polar surface area (TPSA) is 89.0 Å². The molecule has 2 aromatic rings.